The fourth-order valence-electron chi connectivity index (χ4n) is 1.63. The first-order chi connectivity index (χ1) is 8.95. The van der Waals surface area contributed by atoms with Crippen molar-refractivity contribution in [1.82, 2.24) is 0 Å². The molecule has 0 atom stereocenters. The van der Waals surface area contributed by atoms with Crippen molar-refractivity contribution in [3.8, 4) is 0 Å². The van der Waals surface area contributed by atoms with Crippen LogP contribution in [0.5, 0.6) is 0 Å². The van der Waals surface area contributed by atoms with Gasteiger partial charge in [0.15, 0.2) is 0 Å². The Kier molecular flexibility index (Phi) is 4.88. The summed E-state index contributed by atoms with van der Waals surface area (Å²) in [4.78, 5) is 0. The largest absolute Gasteiger partial charge is 0.382 e. The molecule has 2 nitrogen and oxygen atoms in total. The molecule has 0 spiro atoms. The third kappa shape index (κ3) is 4.34. The van der Waals surface area contributed by atoms with Gasteiger partial charge < -0.3 is 10.6 Å². The van der Waals surface area contributed by atoms with Gasteiger partial charge in [-0.05, 0) is 24.3 Å². The summed E-state index contributed by atoms with van der Waals surface area (Å²) in [6.45, 7) is 1.70. The number of hydrogen-bond donors (Lipinski definition) is 2. The predicted octanol–water partition coefficient (Wildman–Crippen LogP) is 3.77. The van der Waals surface area contributed by atoms with Gasteiger partial charge in [-0.15, -0.1) is 0 Å². The van der Waals surface area contributed by atoms with Gasteiger partial charge in [0.2, 0.25) is 0 Å². The van der Waals surface area contributed by atoms with Gasteiger partial charge in [0.25, 0.3) is 0 Å². The molecule has 0 heterocycles. The highest BCUT2D eigenvalue weighted by Gasteiger charge is 1.86. The predicted molar refractivity (Wildman–Crippen MR) is 79.0 cm³/mol. The van der Waals surface area contributed by atoms with E-state index in [9.17, 15) is 0 Å². The van der Waals surface area contributed by atoms with Crippen molar-refractivity contribution in [1.29, 1.82) is 0 Å². The molecule has 0 unspecified atom stereocenters. The molecule has 0 bridgehead atoms. The van der Waals surface area contributed by atoms with E-state index in [0.717, 1.165) is 24.5 Å². The van der Waals surface area contributed by atoms with Crippen LogP contribution in [0.15, 0.2) is 72.8 Å². The van der Waals surface area contributed by atoms with Crippen LogP contribution in [0.3, 0.4) is 0 Å². The van der Waals surface area contributed by atoms with Gasteiger partial charge in [-0.1, -0.05) is 48.6 Å². The molecular weight excluding hydrogens is 220 g/mol. The number of benzene rings is 2. The van der Waals surface area contributed by atoms with Crippen molar-refractivity contribution in [2.75, 3.05) is 23.7 Å². The summed E-state index contributed by atoms with van der Waals surface area (Å²) in [5, 5.41) is 6.66. The highest BCUT2D eigenvalue weighted by molar-refractivity contribution is 5.44. The first-order valence-corrected chi connectivity index (χ1v) is 6.18. The Bertz CT molecular complexity index is 417. The highest BCUT2D eigenvalue weighted by atomic mass is 14.9. The fraction of sp³-hybridized carbons (Fsp3) is 0.125. The molecule has 0 amide bonds. The lowest BCUT2D eigenvalue weighted by Gasteiger charge is -2.03. The van der Waals surface area contributed by atoms with Crippen molar-refractivity contribution >= 4 is 11.4 Å². The summed E-state index contributed by atoms with van der Waals surface area (Å²) >= 11 is 0. The van der Waals surface area contributed by atoms with Gasteiger partial charge in [-0.3, -0.25) is 0 Å². The van der Waals surface area contributed by atoms with E-state index in [2.05, 4.69) is 47.1 Å². The van der Waals surface area contributed by atoms with Crippen LogP contribution in [-0.4, -0.2) is 13.1 Å². The molecule has 0 saturated heterocycles. The van der Waals surface area contributed by atoms with Crippen LogP contribution in [0.25, 0.3) is 0 Å². The Morgan fingerprint density at radius 1 is 0.611 bits per heavy atom. The average molecular weight is 238 g/mol. The van der Waals surface area contributed by atoms with Gasteiger partial charge >= 0.3 is 0 Å². The number of rotatable bonds is 6. The zero-order valence-corrected chi connectivity index (χ0v) is 10.3. The quantitative estimate of drug-likeness (QED) is 0.749. The van der Waals surface area contributed by atoms with E-state index in [1.807, 2.05) is 36.4 Å². The van der Waals surface area contributed by atoms with Gasteiger partial charge in [0.1, 0.15) is 0 Å². The van der Waals surface area contributed by atoms with E-state index < -0.39 is 0 Å². The third-order valence-electron chi connectivity index (χ3n) is 2.56. The molecule has 2 rings (SSSR count). The van der Waals surface area contributed by atoms with E-state index >= 15 is 0 Å². The van der Waals surface area contributed by atoms with Crippen LogP contribution in [0.2, 0.25) is 0 Å². The number of nitrogens with one attached hydrogen (secondary N) is 2. The minimum absolute atomic E-state index is 0.848. The first-order valence-electron chi connectivity index (χ1n) is 6.18. The van der Waals surface area contributed by atoms with Crippen molar-refractivity contribution in [3.05, 3.63) is 72.8 Å². The van der Waals surface area contributed by atoms with Gasteiger partial charge in [-0.25, -0.2) is 0 Å². The molecule has 0 radical (unpaired) electrons. The Balaban J connectivity index is 1.64. The smallest absolute Gasteiger partial charge is 0.0342 e. The summed E-state index contributed by atoms with van der Waals surface area (Å²) in [7, 11) is 0. The zero-order chi connectivity index (χ0) is 12.5. The van der Waals surface area contributed by atoms with E-state index in [-0.39, 0.29) is 0 Å². The molecule has 2 N–H and O–H groups in total. The summed E-state index contributed by atoms with van der Waals surface area (Å²) in [5.74, 6) is 0. The number of anilines is 2. The molecule has 0 aliphatic rings. The standard InChI is InChI=1S/C16H18N2/c1-3-9-15(10-4-1)17-13-7-8-14-18-16-11-5-2-6-12-16/h1-12,17-18H,13-14H2/b8-7-. The molecular formula is C16H18N2. The Morgan fingerprint density at radius 3 is 1.39 bits per heavy atom. The lowest BCUT2D eigenvalue weighted by Crippen LogP contribution is -2.00. The minimum atomic E-state index is 0.848. The van der Waals surface area contributed by atoms with Crippen LogP contribution in [0, 0.1) is 0 Å². The molecule has 0 aromatic heterocycles. The van der Waals surface area contributed by atoms with Crippen LogP contribution < -0.4 is 10.6 Å². The lowest BCUT2D eigenvalue weighted by atomic mass is 10.3. The maximum absolute atomic E-state index is 3.33. The number of hydrogen-bond acceptors (Lipinski definition) is 2. The van der Waals surface area contributed by atoms with Crippen LogP contribution in [-0.2, 0) is 0 Å². The third-order valence-corrected chi connectivity index (χ3v) is 2.56. The fourth-order valence-corrected chi connectivity index (χ4v) is 1.63. The maximum atomic E-state index is 3.33. The summed E-state index contributed by atoms with van der Waals surface area (Å²) in [5.41, 5.74) is 2.30. The maximum Gasteiger partial charge on any atom is 0.0342 e. The molecule has 0 fully saturated rings. The van der Waals surface area contributed by atoms with E-state index in [0.29, 0.717) is 0 Å². The second-order valence-electron chi connectivity index (χ2n) is 3.97. The van der Waals surface area contributed by atoms with Gasteiger partial charge in [0, 0.05) is 24.5 Å². The van der Waals surface area contributed by atoms with Gasteiger partial charge in [-0.2, -0.15) is 0 Å². The summed E-state index contributed by atoms with van der Waals surface area (Å²) in [6.07, 6.45) is 4.26. The van der Waals surface area contributed by atoms with Crippen LogP contribution in [0.4, 0.5) is 11.4 Å². The molecule has 0 aliphatic heterocycles. The second kappa shape index (κ2) is 7.17. The second-order valence-corrected chi connectivity index (χ2v) is 3.97. The highest BCUT2D eigenvalue weighted by Crippen LogP contribution is 2.05. The van der Waals surface area contributed by atoms with E-state index in [1.165, 1.54) is 0 Å². The van der Waals surface area contributed by atoms with Crippen molar-refractivity contribution in [2.24, 2.45) is 0 Å². The Hall–Kier alpha value is -2.22. The molecule has 0 saturated carbocycles. The monoisotopic (exact) mass is 238 g/mol. The number of para-hydroxylation sites is 2. The molecule has 92 valence electrons. The summed E-state index contributed by atoms with van der Waals surface area (Å²) in [6, 6.07) is 20.4. The van der Waals surface area contributed by atoms with Crippen LogP contribution in [0.1, 0.15) is 0 Å². The Morgan fingerprint density at radius 2 is 1.00 bits per heavy atom. The minimum Gasteiger partial charge on any atom is -0.382 e. The topological polar surface area (TPSA) is 24.1 Å². The van der Waals surface area contributed by atoms with E-state index in [4.69, 9.17) is 0 Å². The Labute approximate surface area is 108 Å². The normalized spacial score (nSPS) is 10.4. The average Bonchev–Trinajstić information content (AvgIpc) is 2.45. The lowest BCUT2D eigenvalue weighted by molar-refractivity contribution is 1.28. The molecule has 2 heteroatoms. The molecule has 2 aromatic carbocycles. The zero-order valence-electron chi connectivity index (χ0n) is 10.3. The summed E-state index contributed by atoms with van der Waals surface area (Å²) < 4.78 is 0. The molecule has 0 aliphatic carbocycles. The van der Waals surface area contributed by atoms with E-state index in [1.54, 1.807) is 0 Å². The van der Waals surface area contributed by atoms with Crippen molar-refractivity contribution in [3.63, 3.8) is 0 Å². The van der Waals surface area contributed by atoms with Crippen LogP contribution >= 0.6 is 0 Å². The first kappa shape index (κ1) is 12.2. The van der Waals surface area contributed by atoms with Crippen molar-refractivity contribution < 1.29 is 0 Å². The SMILES string of the molecule is C(=C/CNc1ccccc1)/CNc1ccccc1. The molecule has 2 aromatic rings. The molecule has 18 heavy (non-hydrogen) atoms. The van der Waals surface area contributed by atoms with Crippen molar-refractivity contribution in [2.45, 2.75) is 0 Å². The van der Waals surface area contributed by atoms with Gasteiger partial charge in [0.05, 0.1) is 0 Å².